The maximum Gasteiger partial charge on any atom is 0.302 e. The number of aliphatic hydroxyl groups is 1. The molecule has 1 fully saturated rings. The van der Waals surface area contributed by atoms with Gasteiger partial charge in [-0.3, -0.25) is 4.79 Å². The number of rotatable bonds is 3. The van der Waals surface area contributed by atoms with Crippen LogP contribution in [-0.4, -0.2) is 35.0 Å². The Labute approximate surface area is 164 Å². The van der Waals surface area contributed by atoms with Crippen molar-refractivity contribution in [1.82, 2.24) is 0 Å². The zero-order chi connectivity index (χ0) is 20.2. The van der Waals surface area contributed by atoms with E-state index in [4.69, 9.17) is 9.47 Å². The third-order valence-electron chi connectivity index (χ3n) is 6.33. The zero-order valence-corrected chi connectivity index (χ0v) is 17.6. The monoisotopic (exact) mass is 376 g/mol. The Morgan fingerprint density at radius 3 is 2.59 bits per heavy atom. The summed E-state index contributed by atoms with van der Waals surface area (Å²) in [5.74, 6) is -0.303. The highest BCUT2D eigenvalue weighted by Crippen LogP contribution is 2.54. The van der Waals surface area contributed by atoms with Crippen LogP contribution in [0.2, 0.25) is 0 Å². The number of epoxide rings is 1. The van der Waals surface area contributed by atoms with Crippen molar-refractivity contribution in [2.45, 2.75) is 90.4 Å². The summed E-state index contributed by atoms with van der Waals surface area (Å²) in [6.45, 7) is 14.2. The summed E-state index contributed by atoms with van der Waals surface area (Å²) < 4.78 is 11.4. The summed E-state index contributed by atoms with van der Waals surface area (Å²) in [6, 6.07) is 0. The van der Waals surface area contributed by atoms with Crippen LogP contribution in [0.4, 0.5) is 0 Å². The maximum absolute atomic E-state index is 11.3. The molecule has 4 nitrogen and oxygen atoms in total. The Kier molecular flexibility index (Phi) is 7.09. The molecule has 0 aromatic carbocycles. The van der Waals surface area contributed by atoms with Crippen LogP contribution in [0.5, 0.6) is 0 Å². The molecule has 0 aromatic heterocycles. The summed E-state index contributed by atoms with van der Waals surface area (Å²) >= 11 is 0. The Hall–Kier alpha value is -1.39. The highest BCUT2D eigenvalue weighted by molar-refractivity contribution is 5.66. The fourth-order valence-electron chi connectivity index (χ4n) is 4.05. The topological polar surface area (TPSA) is 59.1 Å². The second kappa shape index (κ2) is 8.74. The predicted octanol–water partition coefficient (Wildman–Crippen LogP) is 4.88. The smallest absolute Gasteiger partial charge is 0.302 e. The second-order valence-electron chi connectivity index (χ2n) is 8.74. The summed E-state index contributed by atoms with van der Waals surface area (Å²) in [5.41, 5.74) is 3.02. The molecule has 0 bridgehead atoms. The molecule has 0 unspecified atom stereocenters. The molecule has 0 spiro atoms. The Balaban J connectivity index is 2.24. The van der Waals surface area contributed by atoms with Crippen LogP contribution in [0.3, 0.4) is 0 Å². The van der Waals surface area contributed by atoms with Gasteiger partial charge in [-0.25, -0.2) is 0 Å². The van der Waals surface area contributed by atoms with Crippen molar-refractivity contribution in [3.63, 3.8) is 0 Å². The minimum atomic E-state index is -0.622. The van der Waals surface area contributed by atoms with Gasteiger partial charge in [0.2, 0.25) is 0 Å². The summed E-state index contributed by atoms with van der Waals surface area (Å²) in [5, 5.41) is 10.8. The highest BCUT2D eigenvalue weighted by atomic mass is 16.6. The van der Waals surface area contributed by atoms with Crippen LogP contribution >= 0.6 is 0 Å². The summed E-state index contributed by atoms with van der Waals surface area (Å²) in [7, 11) is 0. The van der Waals surface area contributed by atoms with Gasteiger partial charge in [-0.1, -0.05) is 29.9 Å². The standard InChI is InChI=1S/C23H36O4/c1-16(2)20-10-9-17(3)8-7-12-22(5)23(6,27-22)13-11-19(14-21(20)25)15-26-18(4)24/h8,14,20-21,25H,1,7,9-13,15H2,2-6H3/b17-8+,19-14+/t20-,21+,22-,23-/m1/s1. The molecule has 0 aromatic rings. The Bertz CT molecular complexity index is 632. The fraction of sp³-hybridized carbons (Fsp3) is 0.696. The number of carbonyl (C=O) groups excluding carboxylic acids is 1. The van der Waals surface area contributed by atoms with E-state index >= 15 is 0 Å². The first-order valence-corrected chi connectivity index (χ1v) is 10.1. The molecule has 0 saturated carbocycles. The van der Waals surface area contributed by atoms with Gasteiger partial charge in [0.25, 0.3) is 0 Å². The lowest BCUT2D eigenvalue weighted by molar-refractivity contribution is -0.140. The molecule has 1 heterocycles. The number of hydrogen-bond donors (Lipinski definition) is 1. The lowest BCUT2D eigenvalue weighted by Gasteiger charge is -2.23. The van der Waals surface area contributed by atoms with E-state index in [-0.39, 0.29) is 29.7 Å². The van der Waals surface area contributed by atoms with Crippen LogP contribution in [0.15, 0.2) is 35.5 Å². The first-order valence-electron chi connectivity index (χ1n) is 10.1. The summed E-state index contributed by atoms with van der Waals surface area (Å²) in [6.07, 6.45) is 8.98. The number of aliphatic hydroxyl groups excluding tert-OH is 1. The van der Waals surface area contributed by atoms with E-state index in [2.05, 4.69) is 33.4 Å². The van der Waals surface area contributed by atoms with E-state index in [1.807, 2.05) is 13.0 Å². The van der Waals surface area contributed by atoms with Crippen molar-refractivity contribution in [3.8, 4) is 0 Å². The molecule has 1 aliphatic heterocycles. The molecule has 2 rings (SSSR count). The number of fused-ring (bicyclic) bond motifs is 1. The molecule has 27 heavy (non-hydrogen) atoms. The molecular weight excluding hydrogens is 340 g/mol. The van der Waals surface area contributed by atoms with Gasteiger partial charge in [-0.15, -0.1) is 0 Å². The van der Waals surface area contributed by atoms with Gasteiger partial charge >= 0.3 is 5.97 Å². The number of esters is 1. The van der Waals surface area contributed by atoms with Gasteiger partial charge in [0.15, 0.2) is 0 Å². The number of ether oxygens (including phenoxy) is 2. The molecule has 1 aliphatic carbocycles. The molecule has 4 heteroatoms. The van der Waals surface area contributed by atoms with Crippen LogP contribution in [-0.2, 0) is 14.3 Å². The number of carbonyl (C=O) groups is 1. The third kappa shape index (κ3) is 5.79. The van der Waals surface area contributed by atoms with Gasteiger partial charge in [0.05, 0.1) is 17.3 Å². The second-order valence-corrected chi connectivity index (χ2v) is 8.74. The Morgan fingerprint density at radius 1 is 1.30 bits per heavy atom. The number of allylic oxidation sites excluding steroid dienone is 2. The molecule has 4 atom stereocenters. The highest BCUT2D eigenvalue weighted by Gasteiger charge is 2.61. The van der Waals surface area contributed by atoms with E-state index in [1.165, 1.54) is 12.5 Å². The Morgan fingerprint density at radius 2 is 1.96 bits per heavy atom. The molecule has 0 radical (unpaired) electrons. The van der Waals surface area contributed by atoms with Crippen molar-refractivity contribution in [2.24, 2.45) is 5.92 Å². The van der Waals surface area contributed by atoms with Gasteiger partial charge < -0.3 is 14.6 Å². The number of hydrogen-bond acceptors (Lipinski definition) is 4. The molecule has 1 N–H and O–H groups in total. The average Bonchev–Trinajstić information content (AvgIpc) is 3.10. The average molecular weight is 377 g/mol. The van der Waals surface area contributed by atoms with E-state index in [1.54, 1.807) is 0 Å². The van der Waals surface area contributed by atoms with E-state index in [0.29, 0.717) is 0 Å². The minimum absolute atomic E-state index is 0.00152. The summed E-state index contributed by atoms with van der Waals surface area (Å²) in [4.78, 5) is 11.3. The third-order valence-corrected chi connectivity index (χ3v) is 6.33. The van der Waals surface area contributed by atoms with E-state index in [9.17, 15) is 9.90 Å². The van der Waals surface area contributed by atoms with Crippen LogP contribution in [0.25, 0.3) is 0 Å². The quantitative estimate of drug-likeness (QED) is 0.433. The van der Waals surface area contributed by atoms with Gasteiger partial charge in [0, 0.05) is 12.8 Å². The van der Waals surface area contributed by atoms with E-state index < -0.39 is 6.10 Å². The van der Waals surface area contributed by atoms with Crippen LogP contribution in [0, 0.1) is 5.92 Å². The molecule has 2 aliphatic rings. The molecule has 0 amide bonds. The largest absolute Gasteiger partial charge is 0.461 e. The van der Waals surface area contributed by atoms with Crippen LogP contribution < -0.4 is 0 Å². The first-order chi connectivity index (χ1) is 12.6. The maximum atomic E-state index is 11.3. The normalized spacial score (nSPS) is 39.0. The van der Waals surface area contributed by atoms with Gasteiger partial charge in [-0.2, -0.15) is 0 Å². The first kappa shape index (κ1) is 21.9. The minimum Gasteiger partial charge on any atom is -0.461 e. The van der Waals surface area contributed by atoms with Crippen LogP contribution in [0.1, 0.15) is 73.1 Å². The van der Waals surface area contributed by atoms with Gasteiger partial charge in [-0.05, 0) is 71.8 Å². The van der Waals surface area contributed by atoms with E-state index in [0.717, 1.165) is 49.7 Å². The lowest BCUT2D eigenvalue weighted by atomic mass is 9.84. The molecular formula is C23H36O4. The fourth-order valence-corrected chi connectivity index (χ4v) is 4.05. The SMILES string of the molecule is C=C(C)[C@H]1CC/C(C)=C/CC[C@@]2(C)O[C@]2(C)CC/C(COC(C)=O)=C\[C@@H]1O. The van der Waals surface area contributed by atoms with Crippen molar-refractivity contribution >= 4 is 5.97 Å². The molecule has 152 valence electrons. The van der Waals surface area contributed by atoms with Crippen molar-refractivity contribution in [3.05, 3.63) is 35.5 Å². The van der Waals surface area contributed by atoms with Crippen molar-refractivity contribution in [1.29, 1.82) is 0 Å². The molecule has 1 saturated heterocycles. The van der Waals surface area contributed by atoms with Crippen molar-refractivity contribution < 1.29 is 19.4 Å². The lowest BCUT2D eigenvalue weighted by Crippen LogP contribution is -2.23. The van der Waals surface area contributed by atoms with Gasteiger partial charge in [0.1, 0.15) is 6.61 Å². The predicted molar refractivity (Wildman–Crippen MR) is 108 cm³/mol. The van der Waals surface area contributed by atoms with Crippen molar-refractivity contribution in [2.75, 3.05) is 6.61 Å². The zero-order valence-electron chi connectivity index (χ0n) is 17.6.